The monoisotopic (exact) mass is 454 g/mol. The van der Waals surface area contributed by atoms with Gasteiger partial charge in [0.25, 0.3) is 0 Å². The number of nitrogens with zero attached hydrogens (tertiary/aromatic N) is 2. The van der Waals surface area contributed by atoms with Crippen LogP contribution in [-0.2, 0) is 11.2 Å². The second kappa shape index (κ2) is 10.6. The molecule has 0 spiro atoms. The highest BCUT2D eigenvalue weighted by Gasteiger charge is 2.32. The van der Waals surface area contributed by atoms with Crippen molar-refractivity contribution >= 4 is 12.0 Å². The van der Waals surface area contributed by atoms with Crippen molar-refractivity contribution in [2.75, 3.05) is 27.4 Å². The number of rotatable bonds is 7. The molecule has 3 aromatic rings. The van der Waals surface area contributed by atoms with E-state index < -0.39 is 0 Å². The fraction of sp³-hybridized carbons (Fsp3) is 0.214. The van der Waals surface area contributed by atoms with Gasteiger partial charge in [-0.15, -0.1) is 0 Å². The quantitative estimate of drug-likeness (QED) is 0.480. The number of carbonyl (C=O) groups is 1. The van der Waals surface area contributed by atoms with Crippen LogP contribution in [0.3, 0.4) is 0 Å². The Kier molecular flexibility index (Phi) is 7.14. The van der Waals surface area contributed by atoms with Crippen molar-refractivity contribution in [1.82, 2.24) is 4.90 Å². The zero-order valence-electron chi connectivity index (χ0n) is 19.2. The third-order valence-electron chi connectivity index (χ3n) is 5.87. The predicted molar refractivity (Wildman–Crippen MR) is 130 cm³/mol. The van der Waals surface area contributed by atoms with Gasteiger partial charge in [0, 0.05) is 12.6 Å². The minimum absolute atomic E-state index is 0.00163. The van der Waals surface area contributed by atoms with E-state index in [9.17, 15) is 4.79 Å². The van der Waals surface area contributed by atoms with Crippen molar-refractivity contribution in [3.8, 4) is 23.3 Å². The van der Waals surface area contributed by atoms with Crippen LogP contribution in [0.1, 0.15) is 28.3 Å². The Morgan fingerprint density at radius 1 is 1.06 bits per heavy atom. The molecule has 0 bridgehead atoms. The molecule has 4 rings (SSSR count). The molecule has 1 unspecified atom stereocenters. The van der Waals surface area contributed by atoms with Crippen LogP contribution in [0, 0.1) is 11.3 Å². The SMILES string of the molecule is COc1cc2c(cc1OC)C(c1ccccc1)N(C(=O)/C=C/c1ccc(OCC#N)cc1)CC2. The molecule has 1 aliphatic heterocycles. The lowest BCUT2D eigenvalue weighted by atomic mass is 9.87. The molecule has 1 aliphatic rings. The summed E-state index contributed by atoms with van der Waals surface area (Å²) in [5.74, 6) is 1.88. The lowest BCUT2D eigenvalue weighted by molar-refractivity contribution is -0.127. The summed E-state index contributed by atoms with van der Waals surface area (Å²) in [6.07, 6.45) is 4.12. The van der Waals surface area contributed by atoms with Crippen LogP contribution in [0.2, 0.25) is 0 Å². The number of amides is 1. The largest absolute Gasteiger partial charge is 0.493 e. The van der Waals surface area contributed by atoms with Crippen molar-refractivity contribution in [3.05, 3.63) is 95.1 Å². The summed E-state index contributed by atoms with van der Waals surface area (Å²) in [6, 6.07) is 23.0. The van der Waals surface area contributed by atoms with E-state index in [0.717, 1.165) is 28.7 Å². The van der Waals surface area contributed by atoms with Gasteiger partial charge in [0.2, 0.25) is 5.91 Å². The van der Waals surface area contributed by atoms with Crippen molar-refractivity contribution in [2.24, 2.45) is 0 Å². The van der Waals surface area contributed by atoms with Crippen LogP contribution < -0.4 is 14.2 Å². The van der Waals surface area contributed by atoms with Gasteiger partial charge in [0.15, 0.2) is 18.1 Å². The van der Waals surface area contributed by atoms with E-state index >= 15 is 0 Å². The van der Waals surface area contributed by atoms with E-state index in [1.165, 1.54) is 0 Å². The molecule has 6 nitrogen and oxygen atoms in total. The average molecular weight is 455 g/mol. The van der Waals surface area contributed by atoms with Gasteiger partial charge in [-0.05, 0) is 59.0 Å². The second-order valence-electron chi connectivity index (χ2n) is 7.85. The highest BCUT2D eigenvalue weighted by molar-refractivity contribution is 5.92. The summed E-state index contributed by atoms with van der Waals surface area (Å²) in [5, 5.41) is 8.63. The maximum Gasteiger partial charge on any atom is 0.247 e. The second-order valence-corrected chi connectivity index (χ2v) is 7.85. The maximum atomic E-state index is 13.4. The molecule has 0 aromatic heterocycles. The minimum atomic E-state index is -0.233. The van der Waals surface area contributed by atoms with Crippen LogP contribution in [0.4, 0.5) is 0 Å². The Balaban J connectivity index is 1.64. The Labute approximate surface area is 199 Å². The van der Waals surface area contributed by atoms with Crippen molar-refractivity contribution in [3.63, 3.8) is 0 Å². The van der Waals surface area contributed by atoms with Gasteiger partial charge in [0.1, 0.15) is 11.8 Å². The number of hydrogen-bond acceptors (Lipinski definition) is 5. The summed E-state index contributed by atoms with van der Waals surface area (Å²) in [7, 11) is 3.25. The van der Waals surface area contributed by atoms with Gasteiger partial charge in [-0.25, -0.2) is 0 Å². The molecule has 1 atom stereocenters. The Hall–Kier alpha value is -4.24. The van der Waals surface area contributed by atoms with Crippen LogP contribution in [0.15, 0.2) is 72.8 Å². The molecule has 1 heterocycles. The molecule has 0 fully saturated rings. The minimum Gasteiger partial charge on any atom is -0.493 e. The van der Waals surface area contributed by atoms with Crippen molar-refractivity contribution in [1.29, 1.82) is 5.26 Å². The standard InChI is InChI=1S/C28H26N2O4/c1-32-25-18-22-14-16-30(27(31)13-10-20-8-11-23(12-9-20)34-17-15-29)28(21-6-4-3-5-7-21)24(22)19-26(25)33-2/h3-13,18-19,28H,14,16-17H2,1-2H3/b13-10+. The summed E-state index contributed by atoms with van der Waals surface area (Å²) in [4.78, 5) is 15.3. The molecule has 34 heavy (non-hydrogen) atoms. The van der Waals surface area contributed by atoms with E-state index in [2.05, 4.69) is 0 Å². The molecule has 172 valence electrons. The topological polar surface area (TPSA) is 71.8 Å². The van der Waals surface area contributed by atoms with Gasteiger partial charge in [-0.1, -0.05) is 42.5 Å². The van der Waals surface area contributed by atoms with Gasteiger partial charge < -0.3 is 19.1 Å². The molecule has 0 saturated carbocycles. The molecular weight excluding hydrogens is 428 g/mol. The normalized spacial score (nSPS) is 14.9. The average Bonchev–Trinajstić information content (AvgIpc) is 2.90. The zero-order chi connectivity index (χ0) is 23.9. The Morgan fingerprint density at radius 2 is 1.76 bits per heavy atom. The summed E-state index contributed by atoms with van der Waals surface area (Å²) < 4.78 is 16.3. The highest BCUT2D eigenvalue weighted by atomic mass is 16.5. The van der Waals surface area contributed by atoms with Crippen LogP contribution >= 0.6 is 0 Å². The highest BCUT2D eigenvalue weighted by Crippen LogP contribution is 2.41. The van der Waals surface area contributed by atoms with Gasteiger partial charge in [-0.3, -0.25) is 4.79 Å². The molecule has 1 amide bonds. The number of ether oxygens (including phenoxy) is 3. The van der Waals surface area contributed by atoms with Gasteiger partial charge >= 0.3 is 0 Å². The fourth-order valence-corrected chi connectivity index (χ4v) is 4.23. The van der Waals surface area contributed by atoms with Crippen molar-refractivity contribution in [2.45, 2.75) is 12.5 Å². The first-order valence-electron chi connectivity index (χ1n) is 11.0. The van der Waals surface area contributed by atoms with Crippen LogP contribution in [-0.4, -0.2) is 38.2 Å². The molecule has 3 aromatic carbocycles. The van der Waals surface area contributed by atoms with E-state index in [1.807, 2.05) is 65.6 Å². The first kappa shape index (κ1) is 22.9. The number of hydrogen-bond donors (Lipinski definition) is 0. The van der Waals surface area contributed by atoms with E-state index in [1.54, 1.807) is 38.5 Å². The molecule has 0 aliphatic carbocycles. The van der Waals surface area contributed by atoms with Crippen molar-refractivity contribution < 1.29 is 19.0 Å². The number of nitriles is 1. The lowest BCUT2D eigenvalue weighted by Gasteiger charge is -2.37. The maximum absolute atomic E-state index is 13.4. The number of benzene rings is 3. The molecule has 0 N–H and O–H groups in total. The molecule has 0 radical (unpaired) electrons. The van der Waals surface area contributed by atoms with Crippen LogP contribution in [0.25, 0.3) is 6.08 Å². The van der Waals surface area contributed by atoms with E-state index in [-0.39, 0.29) is 18.6 Å². The summed E-state index contributed by atoms with van der Waals surface area (Å²) in [6.45, 7) is 0.591. The first-order valence-corrected chi connectivity index (χ1v) is 11.0. The number of fused-ring (bicyclic) bond motifs is 1. The molecular formula is C28H26N2O4. The number of methoxy groups -OCH3 is 2. The van der Waals surface area contributed by atoms with E-state index in [4.69, 9.17) is 19.5 Å². The van der Waals surface area contributed by atoms with Crippen LogP contribution in [0.5, 0.6) is 17.2 Å². The third kappa shape index (κ3) is 4.89. The zero-order valence-corrected chi connectivity index (χ0v) is 19.2. The number of carbonyl (C=O) groups excluding carboxylic acids is 1. The van der Waals surface area contributed by atoms with Gasteiger partial charge in [0.05, 0.1) is 20.3 Å². The summed E-state index contributed by atoms with van der Waals surface area (Å²) >= 11 is 0. The Morgan fingerprint density at radius 3 is 2.44 bits per heavy atom. The summed E-state index contributed by atoms with van der Waals surface area (Å²) in [5.41, 5.74) is 4.09. The van der Waals surface area contributed by atoms with Gasteiger partial charge in [-0.2, -0.15) is 5.26 Å². The smallest absolute Gasteiger partial charge is 0.247 e. The van der Waals surface area contributed by atoms with E-state index in [0.29, 0.717) is 23.8 Å². The third-order valence-corrected chi connectivity index (χ3v) is 5.87. The first-order chi connectivity index (χ1) is 16.6. The fourth-order valence-electron chi connectivity index (χ4n) is 4.23. The molecule has 6 heteroatoms. The predicted octanol–water partition coefficient (Wildman–Crippen LogP) is 4.79. The lowest BCUT2D eigenvalue weighted by Crippen LogP contribution is -2.39. The molecule has 0 saturated heterocycles. The Bertz CT molecular complexity index is 1210.